The molecule has 0 heterocycles. The number of nitrogen functional groups attached to an aromatic ring is 1. The number of thioether (sulfide) groups is 1. The molecule has 202 valence electrons. The summed E-state index contributed by atoms with van der Waals surface area (Å²) in [7, 11) is 0. The molecule has 39 heavy (non-hydrogen) atoms. The van der Waals surface area contributed by atoms with Crippen LogP contribution in [0.1, 0.15) is 47.1 Å². The van der Waals surface area contributed by atoms with E-state index in [9.17, 15) is 14.7 Å². The van der Waals surface area contributed by atoms with Crippen molar-refractivity contribution in [3.63, 3.8) is 0 Å². The molecule has 0 saturated heterocycles. The van der Waals surface area contributed by atoms with Crippen LogP contribution in [0, 0.1) is 0 Å². The van der Waals surface area contributed by atoms with E-state index < -0.39 is 17.7 Å². The third-order valence-electron chi connectivity index (χ3n) is 6.26. The molecular formula is C32H35N3O3S. The topological polar surface area (TPSA) is 104 Å². The van der Waals surface area contributed by atoms with E-state index in [4.69, 9.17) is 5.73 Å². The maximum atomic E-state index is 13.1. The molecule has 0 saturated carbocycles. The Morgan fingerprint density at radius 1 is 0.872 bits per heavy atom. The molecule has 4 rings (SSSR count). The number of rotatable bonds is 9. The van der Waals surface area contributed by atoms with E-state index in [0.717, 1.165) is 15.7 Å². The third kappa shape index (κ3) is 7.85. The number of carbonyl (C=O) groups excluding carboxylic acids is 2. The maximum absolute atomic E-state index is 13.1. The van der Waals surface area contributed by atoms with Crippen molar-refractivity contribution in [2.45, 2.75) is 49.8 Å². The second-order valence-corrected chi connectivity index (χ2v) is 11.8. The van der Waals surface area contributed by atoms with Crippen molar-refractivity contribution >= 4 is 40.0 Å². The molecule has 7 heteroatoms. The van der Waals surface area contributed by atoms with E-state index in [1.807, 2.05) is 57.2 Å². The summed E-state index contributed by atoms with van der Waals surface area (Å²) in [4.78, 5) is 27.1. The molecule has 0 aromatic heterocycles. The second kappa shape index (κ2) is 12.4. The predicted octanol–water partition coefficient (Wildman–Crippen LogP) is 5.44. The summed E-state index contributed by atoms with van der Waals surface area (Å²) in [5, 5.41) is 19.7. The largest absolute Gasteiger partial charge is 0.399 e. The van der Waals surface area contributed by atoms with Gasteiger partial charge in [-0.15, -0.1) is 11.8 Å². The van der Waals surface area contributed by atoms with E-state index in [-0.39, 0.29) is 18.2 Å². The molecule has 0 bridgehead atoms. The normalized spacial score (nSPS) is 13.0. The van der Waals surface area contributed by atoms with Crippen LogP contribution in [0.2, 0.25) is 0 Å². The van der Waals surface area contributed by atoms with Gasteiger partial charge in [-0.1, -0.05) is 54.6 Å². The zero-order chi connectivity index (χ0) is 28.0. The fourth-order valence-corrected chi connectivity index (χ4v) is 5.37. The molecule has 0 radical (unpaired) electrons. The Balaban J connectivity index is 1.56. The number of hydrogen-bond donors (Lipinski definition) is 4. The number of nitrogens with two attached hydrogens (primary N) is 1. The average Bonchev–Trinajstić information content (AvgIpc) is 2.90. The molecule has 0 fully saturated rings. The summed E-state index contributed by atoms with van der Waals surface area (Å²) in [5.74, 6) is -0.0791. The molecule has 0 unspecified atom stereocenters. The smallest absolute Gasteiger partial charge is 0.251 e. The Kier molecular flexibility index (Phi) is 8.94. The SMILES string of the molecule is CC(C)(C)NC(=O)c1ccccc1C[C@@H](O)[C@H](CSc1ccc2ccccc2c1)NC(=O)c1cccc(N)c1. The number of fused-ring (bicyclic) bond motifs is 1. The maximum Gasteiger partial charge on any atom is 0.251 e. The lowest BCUT2D eigenvalue weighted by Crippen LogP contribution is -2.46. The molecule has 0 aliphatic carbocycles. The number of aliphatic hydroxyl groups is 1. The van der Waals surface area contributed by atoms with Gasteiger partial charge in [0.25, 0.3) is 11.8 Å². The molecule has 2 amide bonds. The standard InChI is InChI=1S/C32H35N3O3S/c1-32(2,3)35-31(38)27-14-7-6-11-23(27)19-29(36)28(34-30(37)24-12-8-13-25(33)17-24)20-39-26-16-15-21-9-4-5-10-22(21)18-26/h4-18,28-29,36H,19-20,33H2,1-3H3,(H,34,37)(H,35,38)/t28-,29+/m0/s1. The van der Waals surface area contributed by atoms with Crippen molar-refractivity contribution < 1.29 is 14.7 Å². The Bertz CT molecular complexity index is 1460. The highest BCUT2D eigenvalue weighted by molar-refractivity contribution is 7.99. The first-order valence-corrected chi connectivity index (χ1v) is 13.9. The Hall–Kier alpha value is -3.81. The number of anilines is 1. The molecular weight excluding hydrogens is 506 g/mol. The van der Waals surface area contributed by atoms with Crippen molar-refractivity contribution in [1.82, 2.24) is 10.6 Å². The van der Waals surface area contributed by atoms with Gasteiger partial charge in [-0.2, -0.15) is 0 Å². The van der Waals surface area contributed by atoms with Gasteiger partial charge in [0.05, 0.1) is 12.1 Å². The zero-order valence-electron chi connectivity index (χ0n) is 22.5. The van der Waals surface area contributed by atoms with Gasteiger partial charge in [-0.3, -0.25) is 9.59 Å². The fraction of sp³-hybridized carbons (Fsp3) is 0.250. The van der Waals surface area contributed by atoms with Crippen LogP contribution in [-0.2, 0) is 6.42 Å². The monoisotopic (exact) mass is 541 g/mol. The Morgan fingerprint density at radius 3 is 2.33 bits per heavy atom. The van der Waals surface area contributed by atoms with Crippen LogP contribution in [0.4, 0.5) is 5.69 Å². The van der Waals surface area contributed by atoms with Crippen molar-refractivity contribution in [1.29, 1.82) is 0 Å². The van der Waals surface area contributed by atoms with E-state index in [1.54, 1.807) is 42.1 Å². The summed E-state index contributed by atoms with van der Waals surface area (Å²) >= 11 is 1.56. The first-order valence-electron chi connectivity index (χ1n) is 13.0. The fourth-order valence-electron chi connectivity index (χ4n) is 4.32. The molecule has 5 N–H and O–H groups in total. The summed E-state index contributed by atoms with van der Waals surface area (Å²) < 4.78 is 0. The van der Waals surface area contributed by atoms with Gasteiger partial charge in [0, 0.05) is 39.4 Å². The van der Waals surface area contributed by atoms with Crippen molar-refractivity contribution in [2.24, 2.45) is 0 Å². The number of amides is 2. The number of aliphatic hydroxyl groups excluding tert-OH is 1. The summed E-state index contributed by atoms with van der Waals surface area (Å²) in [6, 6.07) is 27.8. The van der Waals surface area contributed by atoms with Crippen molar-refractivity contribution in [3.05, 3.63) is 108 Å². The minimum Gasteiger partial charge on any atom is -0.399 e. The van der Waals surface area contributed by atoms with Gasteiger partial charge in [0.2, 0.25) is 0 Å². The van der Waals surface area contributed by atoms with E-state index in [2.05, 4.69) is 34.9 Å². The van der Waals surface area contributed by atoms with Crippen LogP contribution in [0.3, 0.4) is 0 Å². The van der Waals surface area contributed by atoms with Gasteiger partial charge in [0.1, 0.15) is 0 Å². The van der Waals surface area contributed by atoms with Crippen LogP contribution in [0.15, 0.2) is 95.9 Å². The zero-order valence-corrected chi connectivity index (χ0v) is 23.3. The molecule has 4 aromatic rings. The molecule has 4 aromatic carbocycles. The Morgan fingerprint density at radius 2 is 1.59 bits per heavy atom. The van der Waals surface area contributed by atoms with Crippen molar-refractivity contribution in [2.75, 3.05) is 11.5 Å². The first-order chi connectivity index (χ1) is 18.6. The van der Waals surface area contributed by atoms with Gasteiger partial charge < -0.3 is 21.5 Å². The number of nitrogens with one attached hydrogen (secondary N) is 2. The highest BCUT2D eigenvalue weighted by Gasteiger charge is 2.25. The minimum absolute atomic E-state index is 0.198. The third-order valence-corrected chi connectivity index (χ3v) is 7.37. The number of benzene rings is 4. The van der Waals surface area contributed by atoms with Gasteiger partial charge in [0.15, 0.2) is 0 Å². The minimum atomic E-state index is -0.938. The lowest BCUT2D eigenvalue weighted by Gasteiger charge is -2.26. The molecule has 2 atom stereocenters. The highest BCUT2D eigenvalue weighted by atomic mass is 32.2. The number of hydrogen-bond acceptors (Lipinski definition) is 5. The predicted molar refractivity (Wildman–Crippen MR) is 160 cm³/mol. The lowest BCUT2D eigenvalue weighted by atomic mass is 9.97. The quantitative estimate of drug-likeness (QED) is 0.167. The number of carbonyl (C=O) groups is 2. The van der Waals surface area contributed by atoms with Gasteiger partial charge >= 0.3 is 0 Å². The summed E-state index contributed by atoms with van der Waals surface area (Å²) in [5.41, 5.74) is 7.63. The molecule has 0 spiro atoms. The van der Waals surface area contributed by atoms with Crippen molar-refractivity contribution in [3.8, 4) is 0 Å². The van der Waals surface area contributed by atoms with E-state index in [1.165, 1.54) is 0 Å². The van der Waals surface area contributed by atoms with Crippen LogP contribution < -0.4 is 16.4 Å². The van der Waals surface area contributed by atoms with Crippen LogP contribution >= 0.6 is 11.8 Å². The Labute approximate surface area is 234 Å². The average molecular weight is 542 g/mol. The first kappa shape index (κ1) is 28.2. The second-order valence-electron chi connectivity index (χ2n) is 10.7. The van der Waals surface area contributed by atoms with Crippen LogP contribution in [0.5, 0.6) is 0 Å². The van der Waals surface area contributed by atoms with Crippen LogP contribution in [-0.4, -0.2) is 40.4 Å². The van der Waals surface area contributed by atoms with Crippen LogP contribution in [0.25, 0.3) is 10.8 Å². The van der Waals surface area contributed by atoms with E-state index in [0.29, 0.717) is 28.1 Å². The van der Waals surface area contributed by atoms with E-state index >= 15 is 0 Å². The molecule has 0 aliphatic rings. The van der Waals surface area contributed by atoms with Gasteiger partial charge in [-0.25, -0.2) is 0 Å². The summed E-state index contributed by atoms with van der Waals surface area (Å²) in [6.45, 7) is 5.77. The lowest BCUT2D eigenvalue weighted by molar-refractivity contribution is 0.0850. The summed E-state index contributed by atoms with van der Waals surface area (Å²) in [6.07, 6.45) is -0.736. The highest BCUT2D eigenvalue weighted by Crippen LogP contribution is 2.26. The van der Waals surface area contributed by atoms with Gasteiger partial charge in [-0.05, 0) is 73.5 Å². The molecule has 0 aliphatic heterocycles. The molecule has 6 nitrogen and oxygen atoms in total.